The van der Waals surface area contributed by atoms with Crippen molar-refractivity contribution in [3.63, 3.8) is 0 Å². The van der Waals surface area contributed by atoms with E-state index >= 15 is 0 Å². The number of hydrogen-bond donors (Lipinski definition) is 1. The van der Waals surface area contributed by atoms with Crippen LogP contribution in [0.5, 0.6) is 0 Å². The summed E-state index contributed by atoms with van der Waals surface area (Å²) in [5, 5.41) is 9.66. The monoisotopic (exact) mass is 303 g/mol. The highest BCUT2D eigenvalue weighted by Gasteiger charge is 2.15. The molecule has 1 rings (SSSR count). The zero-order valence-corrected chi connectivity index (χ0v) is 12.1. The van der Waals surface area contributed by atoms with E-state index in [-0.39, 0.29) is 5.82 Å². The Bertz CT molecular complexity index is 376. The molecule has 0 aliphatic carbocycles. The summed E-state index contributed by atoms with van der Waals surface area (Å²) in [5.41, 5.74) is -0.0214. The van der Waals surface area contributed by atoms with Gasteiger partial charge in [0.1, 0.15) is 5.82 Å². The van der Waals surface area contributed by atoms with E-state index in [1.807, 2.05) is 11.9 Å². The maximum atomic E-state index is 13.5. The standard InChI is InChI=1S/C13H19BrFNO/c1-13(2,17)9-16(3)7-6-10-8-11(14)4-5-12(10)15/h4-5,8,17H,6-7,9H2,1-3H3. The highest BCUT2D eigenvalue weighted by atomic mass is 79.9. The summed E-state index contributed by atoms with van der Waals surface area (Å²) >= 11 is 3.33. The minimum atomic E-state index is -0.718. The Kier molecular flexibility index (Phi) is 5.10. The second kappa shape index (κ2) is 5.94. The van der Waals surface area contributed by atoms with Crippen molar-refractivity contribution >= 4 is 15.9 Å². The Hall–Kier alpha value is -0.450. The van der Waals surface area contributed by atoms with Crippen molar-refractivity contribution in [2.24, 2.45) is 0 Å². The van der Waals surface area contributed by atoms with Crippen LogP contribution in [0, 0.1) is 5.82 Å². The fraction of sp³-hybridized carbons (Fsp3) is 0.538. The number of halogens is 2. The minimum Gasteiger partial charge on any atom is -0.389 e. The normalized spacial score (nSPS) is 12.2. The largest absolute Gasteiger partial charge is 0.389 e. The smallest absolute Gasteiger partial charge is 0.126 e. The molecule has 0 aliphatic rings. The number of hydrogen-bond acceptors (Lipinski definition) is 2. The molecule has 0 heterocycles. The third-order valence-corrected chi connectivity index (χ3v) is 2.92. The van der Waals surface area contributed by atoms with Crippen LogP contribution in [-0.4, -0.2) is 35.7 Å². The molecule has 0 atom stereocenters. The zero-order chi connectivity index (χ0) is 13.1. The molecule has 0 radical (unpaired) electrons. The number of nitrogens with zero attached hydrogens (tertiary/aromatic N) is 1. The van der Waals surface area contributed by atoms with Crippen LogP contribution < -0.4 is 0 Å². The lowest BCUT2D eigenvalue weighted by Crippen LogP contribution is -2.37. The second-order valence-electron chi connectivity index (χ2n) is 5.04. The Balaban J connectivity index is 2.53. The predicted octanol–water partition coefficient (Wildman–Crippen LogP) is 2.83. The molecule has 1 aromatic carbocycles. The molecule has 0 fully saturated rings. The van der Waals surface area contributed by atoms with E-state index in [0.717, 1.165) is 11.0 Å². The summed E-state index contributed by atoms with van der Waals surface area (Å²) in [6.07, 6.45) is 0.637. The molecule has 0 saturated heterocycles. The van der Waals surface area contributed by atoms with Gasteiger partial charge >= 0.3 is 0 Å². The zero-order valence-electron chi connectivity index (χ0n) is 10.5. The van der Waals surface area contributed by atoms with Crippen LogP contribution in [0.1, 0.15) is 19.4 Å². The molecule has 0 unspecified atom stereocenters. The Morgan fingerprint density at radius 3 is 2.65 bits per heavy atom. The van der Waals surface area contributed by atoms with Crippen molar-refractivity contribution in [1.29, 1.82) is 0 Å². The molecule has 0 aromatic heterocycles. The molecule has 0 spiro atoms. The van der Waals surface area contributed by atoms with Crippen molar-refractivity contribution in [3.8, 4) is 0 Å². The first-order valence-corrected chi connectivity index (χ1v) is 6.42. The summed E-state index contributed by atoms with van der Waals surface area (Å²) in [5.74, 6) is -0.176. The molecule has 4 heteroatoms. The Labute approximate surface area is 111 Å². The van der Waals surface area contributed by atoms with E-state index in [1.54, 1.807) is 26.0 Å². The van der Waals surface area contributed by atoms with Gasteiger partial charge in [0.05, 0.1) is 5.60 Å². The van der Waals surface area contributed by atoms with Crippen LogP contribution in [0.15, 0.2) is 22.7 Å². The summed E-state index contributed by atoms with van der Waals surface area (Å²) in [6, 6.07) is 4.96. The fourth-order valence-corrected chi connectivity index (χ4v) is 2.19. The van der Waals surface area contributed by atoms with Crippen molar-refractivity contribution in [2.45, 2.75) is 25.9 Å². The van der Waals surface area contributed by atoms with Crippen LogP contribution in [0.4, 0.5) is 4.39 Å². The summed E-state index contributed by atoms with van der Waals surface area (Å²) in [7, 11) is 1.92. The van der Waals surface area contributed by atoms with Gasteiger partial charge in [0.25, 0.3) is 0 Å². The quantitative estimate of drug-likeness (QED) is 0.904. The summed E-state index contributed by atoms with van der Waals surface area (Å²) in [6.45, 7) is 4.83. The molecule has 96 valence electrons. The van der Waals surface area contributed by atoms with Gasteiger partial charge in [-0.05, 0) is 51.1 Å². The van der Waals surface area contributed by atoms with E-state index in [2.05, 4.69) is 15.9 Å². The van der Waals surface area contributed by atoms with Crippen molar-refractivity contribution < 1.29 is 9.50 Å². The first-order valence-electron chi connectivity index (χ1n) is 5.63. The van der Waals surface area contributed by atoms with E-state index in [1.165, 1.54) is 6.07 Å². The lowest BCUT2D eigenvalue weighted by atomic mass is 10.1. The van der Waals surface area contributed by atoms with E-state index in [4.69, 9.17) is 0 Å². The van der Waals surface area contributed by atoms with Crippen LogP contribution in [0.2, 0.25) is 0 Å². The fourth-order valence-electron chi connectivity index (χ4n) is 1.79. The minimum absolute atomic E-state index is 0.176. The van der Waals surface area contributed by atoms with Crippen LogP contribution in [0.25, 0.3) is 0 Å². The van der Waals surface area contributed by atoms with Gasteiger partial charge in [0.15, 0.2) is 0 Å². The van der Waals surface area contributed by atoms with Crippen molar-refractivity contribution in [1.82, 2.24) is 4.90 Å². The van der Waals surface area contributed by atoms with Gasteiger partial charge in [-0.1, -0.05) is 15.9 Å². The van der Waals surface area contributed by atoms with Gasteiger partial charge in [-0.2, -0.15) is 0 Å². The van der Waals surface area contributed by atoms with Gasteiger partial charge < -0.3 is 10.0 Å². The van der Waals surface area contributed by atoms with E-state index < -0.39 is 5.60 Å². The Morgan fingerprint density at radius 2 is 2.06 bits per heavy atom. The van der Waals surface area contributed by atoms with Gasteiger partial charge in [-0.15, -0.1) is 0 Å². The lowest BCUT2D eigenvalue weighted by molar-refractivity contribution is 0.0449. The van der Waals surface area contributed by atoms with Crippen LogP contribution in [-0.2, 0) is 6.42 Å². The second-order valence-corrected chi connectivity index (χ2v) is 5.95. The maximum Gasteiger partial charge on any atom is 0.126 e. The molecule has 0 saturated carbocycles. The molecule has 1 aromatic rings. The number of benzene rings is 1. The topological polar surface area (TPSA) is 23.5 Å². The van der Waals surface area contributed by atoms with Crippen LogP contribution >= 0.6 is 15.9 Å². The molecule has 0 amide bonds. The molecule has 1 N–H and O–H groups in total. The SMILES string of the molecule is CN(CCc1cc(Br)ccc1F)CC(C)(C)O. The molecule has 0 aliphatic heterocycles. The van der Waals surface area contributed by atoms with Gasteiger partial charge in [0.2, 0.25) is 0 Å². The first-order chi connectivity index (χ1) is 7.78. The third kappa shape index (κ3) is 5.61. The molecule has 2 nitrogen and oxygen atoms in total. The first kappa shape index (κ1) is 14.6. The maximum absolute atomic E-state index is 13.5. The molecule has 0 bridgehead atoms. The average molecular weight is 304 g/mol. The van der Waals surface area contributed by atoms with E-state index in [0.29, 0.717) is 18.5 Å². The van der Waals surface area contributed by atoms with Crippen molar-refractivity contribution in [3.05, 3.63) is 34.1 Å². The summed E-state index contributed by atoms with van der Waals surface area (Å²) < 4.78 is 14.4. The average Bonchev–Trinajstić information content (AvgIpc) is 2.17. The summed E-state index contributed by atoms with van der Waals surface area (Å²) in [4.78, 5) is 2.00. The van der Waals surface area contributed by atoms with E-state index in [9.17, 15) is 9.50 Å². The van der Waals surface area contributed by atoms with Gasteiger partial charge in [0, 0.05) is 17.6 Å². The molecular weight excluding hydrogens is 285 g/mol. The molecule has 17 heavy (non-hydrogen) atoms. The predicted molar refractivity (Wildman–Crippen MR) is 71.6 cm³/mol. The molecular formula is C13H19BrFNO. The number of aliphatic hydroxyl groups is 1. The van der Waals surface area contributed by atoms with Gasteiger partial charge in [-0.25, -0.2) is 4.39 Å². The van der Waals surface area contributed by atoms with Crippen molar-refractivity contribution in [2.75, 3.05) is 20.1 Å². The Morgan fingerprint density at radius 1 is 1.41 bits per heavy atom. The lowest BCUT2D eigenvalue weighted by Gasteiger charge is -2.25. The van der Waals surface area contributed by atoms with Gasteiger partial charge in [-0.3, -0.25) is 0 Å². The number of rotatable bonds is 5. The highest BCUT2D eigenvalue weighted by molar-refractivity contribution is 9.10. The highest BCUT2D eigenvalue weighted by Crippen LogP contribution is 2.16. The third-order valence-electron chi connectivity index (χ3n) is 2.43. The van der Waals surface area contributed by atoms with Crippen LogP contribution in [0.3, 0.4) is 0 Å². The number of likely N-dealkylation sites (N-methyl/N-ethyl adjacent to an activating group) is 1.